The van der Waals surface area contributed by atoms with Crippen molar-refractivity contribution < 1.29 is 52.5 Å². The average Bonchev–Trinajstić information content (AvgIpc) is 1.67. The van der Waals surface area contributed by atoms with Gasteiger partial charge in [-0.2, -0.15) is 30.6 Å². The zero-order valence-electron chi connectivity index (χ0n) is 55.2. The molecule has 32 nitrogen and oxygen atoms in total. The maximum atomic E-state index is 13.0. The lowest BCUT2D eigenvalue weighted by Crippen LogP contribution is -2.50. The van der Waals surface area contributed by atoms with Crippen molar-refractivity contribution in [3.63, 3.8) is 0 Å². The smallest absolute Gasteiger partial charge is 0.409 e. The first-order valence-electron chi connectivity index (χ1n) is 32.6. The summed E-state index contributed by atoms with van der Waals surface area (Å²) in [6.07, 6.45) is 14.7. The molecule has 9 aromatic rings. The minimum atomic E-state index is -0.459. The first kappa shape index (κ1) is 69.0. The lowest BCUT2D eigenvalue weighted by atomic mass is 10.1. The number of alkyl halides is 1. The zero-order chi connectivity index (χ0) is 69.7. The Morgan fingerprint density at radius 3 is 1.78 bits per heavy atom. The van der Waals surface area contributed by atoms with Gasteiger partial charge in [0.2, 0.25) is 0 Å². The van der Waals surface area contributed by atoms with Crippen molar-refractivity contribution in [2.75, 3.05) is 114 Å². The summed E-state index contributed by atoms with van der Waals surface area (Å²) >= 11 is 5.77. The van der Waals surface area contributed by atoms with Gasteiger partial charge in [-0.25, -0.2) is 4.79 Å². The van der Waals surface area contributed by atoms with Gasteiger partial charge in [0.25, 0.3) is 35.4 Å². The van der Waals surface area contributed by atoms with Gasteiger partial charge in [-0.05, 0) is 53.1 Å². The molecule has 5 aliphatic heterocycles. The lowest BCUT2D eigenvalue weighted by molar-refractivity contribution is -0.0275. The number of amides is 7. The standard InChI is InChI=1S/C23H25N7O5.C22H26ClN7O3.C22H25N7O3/c1-28-14-19-20(27-28)22(32)24-11-18-13-29(5-7-34-18)23(33)35-8-6-30-12-17(10-25-30)15-3-2-4-16(9-15)21(31)26-19;1-29-14-19(20(28-29)22(32)25-12-18-11-24-6-8-33-18)27-21(31)16-4-2-3-15(9-16)17-10-26-30(13-17)7-5-23;1-27-14-19-20(26-27)22(31)23-11-18-13-28(7-8-32-18)5-6-29-12-17(10-24-29)15-3-2-4-16(9-15)21(30)25-19/h2-4,9-10,12,14,18H,5-8,11,13H2,1H3,(H,24,32)(H,26,31);2-4,9-10,13-14,18,24H,5-8,11-12H2,1H3,(H,25,32)(H,27,31);2-4,9-10,12,14,18H,5-8,11,13H2,1H3,(H,23,31)(H,25,30). The molecule has 0 spiro atoms. The predicted molar refractivity (Wildman–Crippen MR) is 366 cm³/mol. The summed E-state index contributed by atoms with van der Waals surface area (Å²) < 4.78 is 32.4. The van der Waals surface area contributed by atoms with Crippen LogP contribution in [-0.2, 0) is 59.7 Å². The second kappa shape index (κ2) is 32.2. The molecule has 100 heavy (non-hydrogen) atoms. The van der Waals surface area contributed by atoms with Gasteiger partial charge in [-0.3, -0.25) is 61.8 Å². The Bertz CT molecular complexity index is 4410. The highest BCUT2D eigenvalue weighted by Crippen LogP contribution is 2.26. The van der Waals surface area contributed by atoms with Crippen molar-refractivity contribution in [2.24, 2.45) is 21.1 Å². The number of halogens is 1. The number of hydrogen-bond donors (Lipinski definition) is 7. The highest BCUT2D eigenvalue weighted by molar-refractivity contribution is 6.17. The topological polar surface area (TPSA) is 354 Å². The Kier molecular flexibility index (Phi) is 22.2. The quantitative estimate of drug-likeness (QED) is 0.107. The Morgan fingerprint density at radius 2 is 1.14 bits per heavy atom. The Labute approximate surface area is 578 Å². The highest BCUT2D eigenvalue weighted by Gasteiger charge is 2.29. The maximum Gasteiger partial charge on any atom is 0.409 e. The van der Waals surface area contributed by atoms with E-state index in [2.05, 4.69) is 72.7 Å². The van der Waals surface area contributed by atoms with Gasteiger partial charge in [0.15, 0.2) is 17.1 Å². The molecule has 6 aromatic heterocycles. The van der Waals surface area contributed by atoms with Crippen LogP contribution < -0.4 is 37.2 Å². The highest BCUT2D eigenvalue weighted by atomic mass is 35.5. The van der Waals surface area contributed by atoms with Crippen LogP contribution in [0.25, 0.3) is 33.4 Å². The summed E-state index contributed by atoms with van der Waals surface area (Å²) in [7, 11) is 5.07. The van der Waals surface area contributed by atoms with Gasteiger partial charge >= 0.3 is 6.09 Å². The molecule has 11 heterocycles. The first-order valence-corrected chi connectivity index (χ1v) is 33.1. The molecule has 33 heteroatoms. The number of nitrogens with zero attached hydrogens (tertiary/aromatic N) is 14. The van der Waals surface area contributed by atoms with Gasteiger partial charge in [-0.15, -0.1) is 11.6 Å². The number of fused-ring (bicyclic) bond motifs is 16. The van der Waals surface area contributed by atoms with E-state index in [1.165, 1.54) is 14.0 Å². The number of anilines is 3. The number of cyclic esters (lactones) is 1. The molecule has 0 saturated carbocycles. The molecule has 3 saturated heterocycles. The Balaban J connectivity index is 0.000000142. The number of rotatable bonds is 8. The molecular formula is C67H76ClN21O11. The van der Waals surface area contributed by atoms with E-state index in [0.29, 0.717) is 93.0 Å². The number of aryl methyl sites for hydroxylation is 4. The summed E-state index contributed by atoms with van der Waals surface area (Å²) in [6, 6.07) is 21.6. The third kappa shape index (κ3) is 17.7. The minimum Gasteiger partial charge on any atom is -0.447 e. The molecule has 0 radical (unpaired) electrons. The van der Waals surface area contributed by atoms with Crippen LogP contribution in [0.4, 0.5) is 21.9 Å². The van der Waals surface area contributed by atoms with E-state index in [0.717, 1.165) is 66.1 Å². The summed E-state index contributed by atoms with van der Waals surface area (Å²) in [4.78, 5) is 93.6. The molecule has 5 aliphatic rings. The number of carbonyl (C=O) groups excluding carboxylic acids is 7. The van der Waals surface area contributed by atoms with Gasteiger partial charge in [-0.1, -0.05) is 36.4 Å². The van der Waals surface area contributed by atoms with Crippen molar-refractivity contribution in [2.45, 2.75) is 37.9 Å². The monoisotopic (exact) mass is 1390 g/mol. The third-order valence-electron chi connectivity index (χ3n) is 16.8. The second-order valence-electron chi connectivity index (χ2n) is 24.1. The zero-order valence-corrected chi connectivity index (χ0v) is 56.0. The van der Waals surface area contributed by atoms with Crippen molar-refractivity contribution >= 4 is 70.2 Å². The van der Waals surface area contributed by atoms with E-state index in [9.17, 15) is 33.6 Å². The van der Waals surface area contributed by atoms with Crippen LogP contribution in [0.1, 0.15) is 62.5 Å². The van der Waals surface area contributed by atoms with Gasteiger partial charge in [0.05, 0.1) is 100.0 Å². The summed E-state index contributed by atoms with van der Waals surface area (Å²) in [5.41, 5.74) is 7.96. The molecule has 3 aromatic carbocycles. The number of ether oxygens (including phenoxy) is 4. The largest absolute Gasteiger partial charge is 0.447 e. The van der Waals surface area contributed by atoms with Crippen LogP contribution in [0.3, 0.4) is 0 Å². The second-order valence-corrected chi connectivity index (χ2v) is 24.5. The Morgan fingerprint density at radius 1 is 0.560 bits per heavy atom. The molecule has 12 bridgehead atoms. The summed E-state index contributed by atoms with van der Waals surface area (Å²) in [6.45, 7) is 8.92. The number of carbonyl (C=O) groups is 7. The lowest BCUT2D eigenvalue weighted by Gasteiger charge is -2.32. The molecule has 0 aliphatic carbocycles. The van der Waals surface area contributed by atoms with Crippen LogP contribution in [-0.4, -0.2) is 226 Å². The van der Waals surface area contributed by atoms with Gasteiger partial charge in [0, 0.05) is 156 Å². The summed E-state index contributed by atoms with van der Waals surface area (Å²) in [5, 5.41) is 45.9. The molecule has 4 atom stereocenters. The molecule has 522 valence electrons. The number of hydrogen-bond acceptors (Lipinski definition) is 19. The van der Waals surface area contributed by atoms with E-state index >= 15 is 0 Å². The number of benzene rings is 3. The van der Waals surface area contributed by atoms with E-state index < -0.39 is 18.1 Å². The molecule has 7 N–H and O–H groups in total. The van der Waals surface area contributed by atoms with Crippen molar-refractivity contribution in [1.29, 1.82) is 0 Å². The van der Waals surface area contributed by atoms with Crippen LogP contribution in [0.15, 0.2) is 129 Å². The number of nitrogens with one attached hydrogen (secondary N) is 7. The van der Waals surface area contributed by atoms with E-state index in [-0.39, 0.29) is 84.2 Å². The fourth-order valence-electron chi connectivity index (χ4n) is 11.6. The fourth-order valence-corrected chi connectivity index (χ4v) is 11.8. The SMILES string of the molecule is Cn1cc(NC(=O)c2cccc(-c3cnn(CCCl)c3)c2)c(C(=O)NCC2CNCCO2)n1.Cn1cc2c(n1)C(=O)NCC1CN(CCO1)C(=O)OCCn1cc(cn1)-c1cccc(c1)C(=O)N2.Cn1cc2c(n1)C(=O)NCC1CN(CCO1)CCn1cc(cn1)-c1cccc(c1)C(=O)N2. The van der Waals surface area contributed by atoms with Crippen LogP contribution >= 0.6 is 11.6 Å². The predicted octanol–water partition coefficient (Wildman–Crippen LogP) is 3.59. The normalized spacial score (nSPS) is 18.9. The first-order chi connectivity index (χ1) is 48.5. The molecule has 4 unspecified atom stereocenters. The average molecular weight is 1390 g/mol. The van der Waals surface area contributed by atoms with Gasteiger partial charge < -0.3 is 61.1 Å². The van der Waals surface area contributed by atoms with Crippen LogP contribution in [0.2, 0.25) is 0 Å². The third-order valence-corrected chi connectivity index (χ3v) is 16.9. The molecule has 7 amide bonds. The molecule has 14 rings (SSSR count). The summed E-state index contributed by atoms with van der Waals surface area (Å²) in [5.74, 6) is -1.73. The number of morpholine rings is 3. The van der Waals surface area contributed by atoms with E-state index in [1.807, 2.05) is 59.8 Å². The van der Waals surface area contributed by atoms with Crippen molar-refractivity contribution in [3.05, 3.63) is 162 Å². The van der Waals surface area contributed by atoms with Crippen molar-refractivity contribution in [1.82, 2.24) is 89.7 Å². The van der Waals surface area contributed by atoms with Crippen LogP contribution in [0.5, 0.6) is 0 Å². The fraction of sp³-hybridized carbons (Fsp3) is 0.358. The number of aromatic nitrogens is 12. The van der Waals surface area contributed by atoms with Crippen LogP contribution in [0, 0.1) is 0 Å². The van der Waals surface area contributed by atoms with E-state index in [4.69, 9.17) is 30.5 Å². The maximum absolute atomic E-state index is 13.0. The minimum absolute atomic E-state index is 0.0831. The van der Waals surface area contributed by atoms with Gasteiger partial charge in [0.1, 0.15) is 6.61 Å². The molecular weight excluding hydrogens is 1310 g/mol. The van der Waals surface area contributed by atoms with Crippen molar-refractivity contribution in [3.8, 4) is 33.4 Å². The van der Waals surface area contributed by atoms with E-state index in [1.54, 1.807) is 109 Å². The Hall–Kier alpha value is -10.9. The molecule has 3 fully saturated rings.